The maximum atomic E-state index is 12.6. The summed E-state index contributed by atoms with van der Waals surface area (Å²) in [5.41, 5.74) is 0. The quantitative estimate of drug-likeness (QED) is 0.752. The van der Waals surface area contributed by atoms with Crippen LogP contribution in [0.15, 0.2) is 30.3 Å². The van der Waals surface area contributed by atoms with E-state index in [0.717, 1.165) is 6.26 Å². The Balaban J connectivity index is 2.13. The van der Waals surface area contributed by atoms with E-state index in [1.165, 1.54) is 0 Å². The zero-order valence-corrected chi connectivity index (χ0v) is 13.6. The Morgan fingerprint density at radius 1 is 1.21 bits per heavy atom. The van der Waals surface area contributed by atoms with Gasteiger partial charge in [-0.1, -0.05) is 18.2 Å². The van der Waals surface area contributed by atoms with Crippen molar-refractivity contribution in [1.82, 2.24) is 14.8 Å². The molecule has 0 N–H and O–H groups in total. The number of sulfone groups is 1. The monoisotopic (exact) mass is 363 g/mol. The van der Waals surface area contributed by atoms with Crippen LogP contribution in [0.4, 0.5) is 13.2 Å². The van der Waals surface area contributed by atoms with Crippen LogP contribution in [0.5, 0.6) is 5.75 Å². The maximum absolute atomic E-state index is 12.6. The van der Waals surface area contributed by atoms with Gasteiger partial charge in [0.2, 0.25) is 0 Å². The molecule has 2 rings (SSSR count). The molecule has 0 fully saturated rings. The Bertz CT molecular complexity index is 774. The minimum atomic E-state index is -4.48. The summed E-state index contributed by atoms with van der Waals surface area (Å²) in [5.74, 6) is 0.251. The normalized spacial score (nSPS) is 12.3. The summed E-state index contributed by atoms with van der Waals surface area (Å²) >= 11 is 0. The fourth-order valence-electron chi connectivity index (χ4n) is 1.91. The van der Waals surface area contributed by atoms with E-state index in [2.05, 4.69) is 10.1 Å². The number of rotatable bonds is 7. The molecule has 6 nitrogen and oxygen atoms in total. The Morgan fingerprint density at radius 3 is 2.46 bits per heavy atom. The minimum Gasteiger partial charge on any atom is -0.486 e. The van der Waals surface area contributed by atoms with E-state index in [1.54, 1.807) is 30.3 Å². The van der Waals surface area contributed by atoms with Gasteiger partial charge < -0.3 is 4.74 Å². The van der Waals surface area contributed by atoms with Crippen LogP contribution in [0.1, 0.15) is 11.6 Å². The molecule has 0 saturated heterocycles. The van der Waals surface area contributed by atoms with Crippen molar-refractivity contribution in [1.29, 1.82) is 0 Å². The van der Waals surface area contributed by atoms with Crippen molar-refractivity contribution < 1.29 is 26.3 Å². The second-order valence-electron chi connectivity index (χ2n) is 5.20. The third-order valence-corrected chi connectivity index (χ3v) is 3.87. The van der Waals surface area contributed by atoms with E-state index in [1.807, 2.05) is 0 Å². The molecule has 24 heavy (non-hydrogen) atoms. The van der Waals surface area contributed by atoms with E-state index < -0.39 is 22.6 Å². The molecule has 132 valence electrons. The molecule has 10 heteroatoms. The largest absolute Gasteiger partial charge is 0.486 e. The first-order valence-corrected chi connectivity index (χ1v) is 9.03. The van der Waals surface area contributed by atoms with E-state index >= 15 is 0 Å². The van der Waals surface area contributed by atoms with E-state index in [0.29, 0.717) is 10.4 Å². The SMILES string of the molecule is CS(=O)(=O)CCc1nc(COc2ccccc2)nn1CC(F)(F)F. The molecule has 1 aromatic carbocycles. The maximum Gasteiger partial charge on any atom is 0.408 e. The Labute approximate surface area is 137 Å². The van der Waals surface area contributed by atoms with Crippen molar-refractivity contribution in [3.8, 4) is 5.75 Å². The number of alkyl halides is 3. The summed E-state index contributed by atoms with van der Waals surface area (Å²) in [6, 6.07) is 8.69. The predicted molar refractivity (Wildman–Crippen MR) is 80.3 cm³/mol. The van der Waals surface area contributed by atoms with Crippen LogP contribution in [0.25, 0.3) is 0 Å². The standard InChI is InChI=1S/C14H16F3N3O3S/c1-24(21,22)8-7-13-18-12(19-20(13)10-14(15,16)17)9-23-11-5-3-2-4-6-11/h2-6H,7-10H2,1H3. The molecule has 0 saturated carbocycles. The average Bonchev–Trinajstić information content (AvgIpc) is 2.83. The fraction of sp³-hybridized carbons (Fsp3) is 0.429. The van der Waals surface area contributed by atoms with Crippen molar-refractivity contribution in [3.05, 3.63) is 42.0 Å². The smallest absolute Gasteiger partial charge is 0.408 e. The molecule has 0 spiro atoms. The lowest BCUT2D eigenvalue weighted by Crippen LogP contribution is -2.21. The molecule has 0 radical (unpaired) electrons. The topological polar surface area (TPSA) is 74.1 Å². The average molecular weight is 363 g/mol. The predicted octanol–water partition coefficient (Wildman–Crippen LogP) is 2.01. The third kappa shape index (κ3) is 6.19. The van der Waals surface area contributed by atoms with Crippen molar-refractivity contribution in [2.45, 2.75) is 25.7 Å². The number of aryl methyl sites for hydroxylation is 1. The molecule has 1 heterocycles. The molecule has 0 atom stereocenters. The summed E-state index contributed by atoms with van der Waals surface area (Å²) in [6.07, 6.45) is -3.62. The first-order valence-electron chi connectivity index (χ1n) is 6.97. The summed E-state index contributed by atoms with van der Waals surface area (Å²) in [6.45, 7) is -1.44. The molecular weight excluding hydrogens is 347 g/mol. The van der Waals surface area contributed by atoms with Crippen molar-refractivity contribution in [2.75, 3.05) is 12.0 Å². The number of halogens is 3. The van der Waals surface area contributed by atoms with E-state index in [9.17, 15) is 21.6 Å². The van der Waals surface area contributed by atoms with Gasteiger partial charge in [0.25, 0.3) is 0 Å². The molecule has 2 aromatic rings. The van der Waals surface area contributed by atoms with Crippen molar-refractivity contribution in [2.24, 2.45) is 0 Å². The molecule has 0 aliphatic carbocycles. The Kier molecular flexibility index (Phi) is 5.47. The number of benzene rings is 1. The van der Waals surface area contributed by atoms with Crippen LogP contribution in [-0.2, 0) is 29.4 Å². The second-order valence-corrected chi connectivity index (χ2v) is 7.46. The van der Waals surface area contributed by atoms with E-state index in [4.69, 9.17) is 4.74 Å². The summed E-state index contributed by atoms with van der Waals surface area (Å²) < 4.78 is 66.4. The van der Waals surface area contributed by atoms with Gasteiger partial charge in [-0.25, -0.2) is 18.1 Å². The third-order valence-electron chi connectivity index (χ3n) is 2.93. The zero-order valence-electron chi connectivity index (χ0n) is 12.8. The summed E-state index contributed by atoms with van der Waals surface area (Å²) in [5, 5.41) is 3.78. The van der Waals surface area contributed by atoms with Crippen LogP contribution >= 0.6 is 0 Å². The van der Waals surface area contributed by atoms with Gasteiger partial charge in [0.15, 0.2) is 5.82 Å². The number of hydrogen-bond acceptors (Lipinski definition) is 5. The highest BCUT2D eigenvalue weighted by Gasteiger charge is 2.30. The molecular formula is C14H16F3N3O3S. The van der Waals surface area contributed by atoms with Gasteiger partial charge in [-0.3, -0.25) is 0 Å². The van der Waals surface area contributed by atoms with Gasteiger partial charge >= 0.3 is 6.18 Å². The van der Waals surface area contributed by atoms with Crippen molar-refractivity contribution in [3.63, 3.8) is 0 Å². The molecule has 0 unspecified atom stereocenters. The van der Waals surface area contributed by atoms with Gasteiger partial charge in [-0.2, -0.15) is 18.3 Å². The van der Waals surface area contributed by atoms with Crippen LogP contribution in [0.3, 0.4) is 0 Å². The molecule has 0 aliphatic rings. The van der Waals surface area contributed by atoms with Crippen LogP contribution in [0, 0.1) is 0 Å². The number of hydrogen-bond donors (Lipinski definition) is 0. The van der Waals surface area contributed by atoms with E-state index in [-0.39, 0.29) is 30.4 Å². The highest BCUT2D eigenvalue weighted by Crippen LogP contribution is 2.18. The molecule has 0 amide bonds. The first-order chi connectivity index (χ1) is 11.1. The van der Waals surface area contributed by atoms with Gasteiger partial charge in [0.1, 0.15) is 34.6 Å². The first kappa shape index (κ1) is 18.2. The van der Waals surface area contributed by atoms with Gasteiger partial charge in [-0.05, 0) is 12.1 Å². The lowest BCUT2D eigenvalue weighted by atomic mass is 10.3. The molecule has 0 aliphatic heterocycles. The lowest BCUT2D eigenvalue weighted by Gasteiger charge is -2.08. The molecule has 1 aromatic heterocycles. The zero-order chi connectivity index (χ0) is 17.8. The summed E-state index contributed by atoms with van der Waals surface area (Å²) in [7, 11) is -3.32. The Morgan fingerprint density at radius 2 is 1.88 bits per heavy atom. The number of nitrogens with zero attached hydrogens (tertiary/aromatic N) is 3. The fourth-order valence-corrected chi connectivity index (χ4v) is 2.46. The number of aromatic nitrogens is 3. The highest BCUT2D eigenvalue weighted by atomic mass is 32.2. The number of para-hydroxylation sites is 1. The van der Waals surface area contributed by atoms with Crippen LogP contribution < -0.4 is 4.74 Å². The minimum absolute atomic E-state index is 0.0376. The van der Waals surface area contributed by atoms with Crippen LogP contribution in [0.2, 0.25) is 0 Å². The second kappa shape index (κ2) is 7.20. The number of ether oxygens (including phenoxy) is 1. The van der Waals surface area contributed by atoms with Gasteiger partial charge in [0, 0.05) is 12.7 Å². The Hall–Kier alpha value is -2.10. The lowest BCUT2D eigenvalue weighted by molar-refractivity contribution is -0.143. The van der Waals surface area contributed by atoms with Gasteiger partial charge in [0.05, 0.1) is 5.75 Å². The van der Waals surface area contributed by atoms with Gasteiger partial charge in [-0.15, -0.1) is 0 Å². The highest BCUT2D eigenvalue weighted by molar-refractivity contribution is 7.90. The summed E-state index contributed by atoms with van der Waals surface area (Å²) in [4.78, 5) is 3.97. The molecule has 0 bridgehead atoms. The van der Waals surface area contributed by atoms with Crippen LogP contribution in [-0.4, -0.2) is 41.4 Å². The van der Waals surface area contributed by atoms with Crippen molar-refractivity contribution >= 4 is 9.84 Å².